The highest BCUT2D eigenvalue weighted by Crippen LogP contribution is 2.33. The van der Waals surface area contributed by atoms with Gasteiger partial charge in [-0.25, -0.2) is 0 Å². The molecule has 18 heavy (non-hydrogen) atoms. The first-order valence-corrected chi connectivity index (χ1v) is 7.30. The number of rotatable bonds is 3. The second kappa shape index (κ2) is 5.74. The van der Waals surface area contributed by atoms with E-state index >= 15 is 0 Å². The zero-order chi connectivity index (χ0) is 13.3. The molecule has 1 heterocycles. The highest BCUT2D eigenvalue weighted by molar-refractivity contribution is 9.10. The zero-order valence-electron chi connectivity index (χ0n) is 9.92. The van der Waals surface area contributed by atoms with E-state index in [9.17, 15) is 0 Å². The number of hydrogen-bond acceptors (Lipinski definition) is 2. The Morgan fingerprint density at radius 3 is 2.56 bits per heavy atom. The fourth-order valence-electron chi connectivity index (χ4n) is 1.92. The Morgan fingerprint density at radius 1 is 1.33 bits per heavy atom. The van der Waals surface area contributed by atoms with Crippen molar-refractivity contribution in [3.8, 4) is 0 Å². The van der Waals surface area contributed by atoms with Gasteiger partial charge in [-0.2, -0.15) is 5.10 Å². The summed E-state index contributed by atoms with van der Waals surface area (Å²) in [4.78, 5) is 0. The largest absolute Gasteiger partial charge is 0.308 e. The lowest BCUT2D eigenvalue weighted by Crippen LogP contribution is -2.21. The summed E-state index contributed by atoms with van der Waals surface area (Å²) < 4.78 is 3.81. The molecule has 0 saturated heterocycles. The van der Waals surface area contributed by atoms with Crippen LogP contribution in [0.3, 0.4) is 0 Å². The summed E-state index contributed by atoms with van der Waals surface area (Å²) in [6.45, 7) is 0. The maximum atomic E-state index is 5.98. The van der Waals surface area contributed by atoms with Crippen molar-refractivity contribution in [1.29, 1.82) is 0 Å². The van der Waals surface area contributed by atoms with Crippen LogP contribution in [0.4, 0.5) is 0 Å². The molecular weight excluding hydrogens is 381 g/mol. The molecule has 0 aliphatic heterocycles. The molecule has 0 bridgehead atoms. The molecule has 1 atom stereocenters. The van der Waals surface area contributed by atoms with E-state index in [1.807, 2.05) is 37.0 Å². The van der Waals surface area contributed by atoms with Gasteiger partial charge in [0.15, 0.2) is 0 Å². The normalized spacial score (nSPS) is 12.7. The lowest BCUT2D eigenvalue weighted by atomic mass is 10.0. The molecule has 0 aliphatic rings. The third-order valence-electron chi connectivity index (χ3n) is 2.77. The SMILES string of the molecule is CNC(c1ccc(Cl)cc1Br)c1c(Br)cnn1C. The van der Waals surface area contributed by atoms with Gasteiger partial charge in [-0.3, -0.25) is 4.68 Å². The number of aromatic nitrogens is 2. The van der Waals surface area contributed by atoms with Gasteiger partial charge in [-0.1, -0.05) is 33.6 Å². The minimum absolute atomic E-state index is 0.0403. The molecular formula is C12H12Br2ClN3. The molecule has 0 aliphatic carbocycles. The van der Waals surface area contributed by atoms with Gasteiger partial charge in [0, 0.05) is 16.5 Å². The van der Waals surface area contributed by atoms with Crippen molar-refractivity contribution in [1.82, 2.24) is 15.1 Å². The molecule has 1 unspecified atom stereocenters. The molecule has 0 spiro atoms. The second-order valence-electron chi connectivity index (χ2n) is 3.89. The Morgan fingerprint density at radius 2 is 2.06 bits per heavy atom. The fourth-order valence-corrected chi connectivity index (χ4v) is 3.41. The van der Waals surface area contributed by atoms with Crippen LogP contribution in [0.5, 0.6) is 0 Å². The summed E-state index contributed by atoms with van der Waals surface area (Å²) >= 11 is 13.1. The molecule has 1 aromatic carbocycles. The third kappa shape index (κ3) is 2.64. The molecule has 1 N–H and O–H groups in total. The summed E-state index contributed by atoms with van der Waals surface area (Å²) in [6.07, 6.45) is 1.80. The van der Waals surface area contributed by atoms with Gasteiger partial charge in [-0.15, -0.1) is 0 Å². The van der Waals surface area contributed by atoms with Crippen molar-refractivity contribution in [2.24, 2.45) is 7.05 Å². The van der Waals surface area contributed by atoms with Crippen LogP contribution in [-0.4, -0.2) is 16.8 Å². The van der Waals surface area contributed by atoms with Crippen LogP contribution in [0, 0.1) is 0 Å². The van der Waals surface area contributed by atoms with Gasteiger partial charge in [0.1, 0.15) is 0 Å². The minimum atomic E-state index is 0.0403. The summed E-state index contributed by atoms with van der Waals surface area (Å²) in [6, 6.07) is 5.83. The number of halogens is 3. The van der Waals surface area contributed by atoms with Crippen LogP contribution in [0.2, 0.25) is 5.02 Å². The maximum absolute atomic E-state index is 5.98. The second-order valence-corrected chi connectivity index (χ2v) is 6.03. The lowest BCUT2D eigenvalue weighted by molar-refractivity contribution is 0.602. The summed E-state index contributed by atoms with van der Waals surface area (Å²) in [5.41, 5.74) is 2.19. The number of nitrogens with one attached hydrogen (secondary N) is 1. The molecule has 0 radical (unpaired) electrons. The van der Waals surface area contributed by atoms with Crippen LogP contribution in [0.25, 0.3) is 0 Å². The highest BCUT2D eigenvalue weighted by Gasteiger charge is 2.21. The van der Waals surface area contributed by atoms with Crippen LogP contribution >= 0.6 is 43.5 Å². The summed E-state index contributed by atoms with van der Waals surface area (Å²) in [5, 5.41) is 8.26. The molecule has 0 amide bonds. The molecule has 2 aromatic rings. The predicted molar refractivity (Wildman–Crippen MR) is 81.0 cm³/mol. The molecule has 6 heteroatoms. The van der Waals surface area contributed by atoms with Crippen molar-refractivity contribution < 1.29 is 0 Å². The number of nitrogens with zero attached hydrogens (tertiary/aromatic N) is 2. The van der Waals surface area contributed by atoms with E-state index in [0.29, 0.717) is 5.02 Å². The molecule has 1 aromatic heterocycles. The average molecular weight is 394 g/mol. The van der Waals surface area contributed by atoms with Crippen molar-refractivity contribution in [3.05, 3.63) is 49.6 Å². The van der Waals surface area contributed by atoms with Gasteiger partial charge >= 0.3 is 0 Å². The minimum Gasteiger partial charge on any atom is -0.308 e. The zero-order valence-corrected chi connectivity index (χ0v) is 13.8. The van der Waals surface area contributed by atoms with E-state index in [1.165, 1.54) is 0 Å². The Labute approximate surface area is 128 Å². The Kier molecular flexibility index (Phi) is 4.48. The van der Waals surface area contributed by atoms with Crippen molar-refractivity contribution in [2.45, 2.75) is 6.04 Å². The van der Waals surface area contributed by atoms with Crippen molar-refractivity contribution >= 4 is 43.5 Å². The van der Waals surface area contributed by atoms with Gasteiger partial charge in [-0.05, 0) is 40.7 Å². The van der Waals surface area contributed by atoms with Gasteiger partial charge in [0.25, 0.3) is 0 Å². The monoisotopic (exact) mass is 391 g/mol. The third-order valence-corrected chi connectivity index (χ3v) is 4.31. The first kappa shape index (κ1) is 14.1. The molecule has 0 saturated carbocycles. The van der Waals surface area contributed by atoms with E-state index < -0.39 is 0 Å². The summed E-state index contributed by atoms with van der Waals surface area (Å²) in [5.74, 6) is 0. The van der Waals surface area contributed by atoms with Gasteiger partial charge < -0.3 is 5.32 Å². The number of hydrogen-bond donors (Lipinski definition) is 1. The van der Waals surface area contributed by atoms with Gasteiger partial charge in [0.2, 0.25) is 0 Å². The smallest absolute Gasteiger partial charge is 0.0768 e. The van der Waals surface area contributed by atoms with E-state index in [1.54, 1.807) is 6.20 Å². The molecule has 0 fully saturated rings. The van der Waals surface area contributed by atoms with E-state index in [0.717, 1.165) is 20.2 Å². The van der Waals surface area contributed by atoms with Crippen LogP contribution < -0.4 is 5.32 Å². The van der Waals surface area contributed by atoms with E-state index in [2.05, 4.69) is 42.3 Å². The lowest BCUT2D eigenvalue weighted by Gasteiger charge is -2.19. The molecule has 96 valence electrons. The van der Waals surface area contributed by atoms with Crippen LogP contribution in [0.1, 0.15) is 17.3 Å². The van der Waals surface area contributed by atoms with E-state index in [-0.39, 0.29) is 6.04 Å². The number of benzene rings is 1. The number of aryl methyl sites for hydroxylation is 1. The van der Waals surface area contributed by atoms with Crippen molar-refractivity contribution in [2.75, 3.05) is 7.05 Å². The maximum Gasteiger partial charge on any atom is 0.0768 e. The molecule has 2 rings (SSSR count). The van der Waals surface area contributed by atoms with Crippen LogP contribution in [0.15, 0.2) is 33.3 Å². The predicted octanol–water partition coefficient (Wildman–Crippen LogP) is 3.91. The quantitative estimate of drug-likeness (QED) is 0.857. The van der Waals surface area contributed by atoms with E-state index in [4.69, 9.17) is 11.6 Å². The highest BCUT2D eigenvalue weighted by atomic mass is 79.9. The summed E-state index contributed by atoms with van der Waals surface area (Å²) in [7, 11) is 3.85. The van der Waals surface area contributed by atoms with Crippen LogP contribution in [-0.2, 0) is 7.05 Å². The standard InChI is InChI=1S/C12H12Br2ClN3/c1-16-11(12-10(14)6-17-18(12)2)8-4-3-7(15)5-9(8)13/h3-6,11,16H,1-2H3. The molecule has 3 nitrogen and oxygen atoms in total. The topological polar surface area (TPSA) is 29.9 Å². The fraction of sp³-hybridized carbons (Fsp3) is 0.250. The van der Waals surface area contributed by atoms with Crippen molar-refractivity contribution in [3.63, 3.8) is 0 Å². The Hall–Kier alpha value is -0.360. The Balaban J connectivity index is 2.52. The van der Waals surface area contributed by atoms with Gasteiger partial charge in [0.05, 0.1) is 22.4 Å². The first-order chi connectivity index (χ1) is 8.54. The first-order valence-electron chi connectivity index (χ1n) is 5.34. The Bertz CT molecular complexity index is 549. The average Bonchev–Trinajstić information content (AvgIpc) is 2.64.